The largest absolute Gasteiger partial charge is 0.508 e. The van der Waals surface area contributed by atoms with Crippen molar-refractivity contribution in [2.24, 2.45) is 0 Å². The summed E-state index contributed by atoms with van der Waals surface area (Å²) in [6, 6.07) is 19.3. The molecule has 3 amide bonds. The van der Waals surface area contributed by atoms with Crippen molar-refractivity contribution in [2.45, 2.75) is 85.0 Å². The molecular formula is C34H43N3O5. The van der Waals surface area contributed by atoms with Crippen LogP contribution >= 0.6 is 0 Å². The van der Waals surface area contributed by atoms with Crippen LogP contribution in [0.25, 0.3) is 0 Å². The van der Waals surface area contributed by atoms with E-state index in [1.54, 1.807) is 32.9 Å². The third kappa shape index (κ3) is 8.83. The highest BCUT2D eigenvalue weighted by Crippen LogP contribution is 2.32. The molecule has 2 unspecified atom stereocenters. The molecule has 2 atom stereocenters. The summed E-state index contributed by atoms with van der Waals surface area (Å²) in [6.07, 6.45) is -0.629. The van der Waals surface area contributed by atoms with Crippen molar-refractivity contribution in [1.82, 2.24) is 10.2 Å². The van der Waals surface area contributed by atoms with Gasteiger partial charge in [0.1, 0.15) is 23.4 Å². The molecule has 3 N–H and O–H groups in total. The van der Waals surface area contributed by atoms with Crippen LogP contribution in [0.3, 0.4) is 0 Å². The first-order valence-corrected chi connectivity index (χ1v) is 14.1. The van der Waals surface area contributed by atoms with Crippen LogP contribution in [0.15, 0.2) is 72.8 Å². The number of benzene rings is 3. The van der Waals surface area contributed by atoms with Crippen molar-refractivity contribution in [3.05, 3.63) is 95.1 Å². The van der Waals surface area contributed by atoms with Crippen LogP contribution in [0.1, 0.15) is 69.8 Å². The van der Waals surface area contributed by atoms with Crippen molar-refractivity contribution >= 4 is 23.6 Å². The van der Waals surface area contributed by atoms with Crippen molar-refractivity contribution in [3.63, 3.8) is 0 Å². The summed E-state index contributed by atoms with van der Waals surface area (Å²) < 4.78 is 5.50. The van der Waals surface area contributed by atoms with Gasteiger partial charge in [0.25, 0.3) is 5.91 Å². The van der Waals surface area contributed by atoms with Crippen LogP contribution in [0.5, 0.6) is 5.75 Å². The van der Waals surface area contributed by atoms with E-state index in [2.05, 4.69) is 10.6 Å². The second-order valence-electron chi connectivity index (χ2n) is 12.6. The van der Waals surface area contributed by atoms with Gasteiger partial charge in [0.15, 0.2) is 0 Å². The standard InChI is InChI=1S/C34H43N3O5/c1-22-12-11-14-25(20-22)29(30(39)35-27-15-10-9-13-23(27)2)37(33(3,4)5)31(40)28(36-32(41)42-34(6,7)8)21-24-16-18-26(38)19-17-24/h9-20,28-29,38H,21H2,1-8H3,(H,35,39)(H,36,41). The summed E-state index contributed by atoms with van der Waals surface area (Å²) in [5, 5.41) is 15.6. The number of nitrogens with one attached hydrogen (secondary N) is 2. The Labute approximate surface area is 249 Å². The Morgan fingerprint density at radius 3 is 2.10 bits per heavy atom. The van der Waals surface area contributed by atoms with Gasteiger partial charge >= 0.3 is 6.09 Å². The van der Waals surface area contributed by atoms with Crippen LogP contribution < -0.4 is 10.6 Å². The summed E-state index contributed by atoms with van der Waals surface area (Å²) in [7, 11) is 0. The smallest absolute Gasteiger partial charge is 0.408 e. The van der Waals surface area contributed by atoms with Gasteiger partial charge in [0, 0.05) is 17.6 Å². The highest BCUT2D eigenvalue weighted by molar-refractivity contribution is 5.99. The van der Waals surface area contributed by atoms with Crippen LogP contribution in [0, 0.1) is 13.8 Å². The monoisotopic (exact) mass is 573 g/mol. The molecule has 0 aliphatic carbocycles. The number of anilines is 1. The zero-order valence-electron chi connectivity index (χ0n) is 25.8. The Bertz CT molecular complexity index is 1400. The number of phenolic OH excluding ortho intramolecular Hbond substituents is 1. The predicted molar refractivity (Wildman–Crippen MR) is 165 cm³/mol. The SMILES string of the molecule is Cc1cccc(C(C(=O)Nc2ccccc2C)N(C(=O)C(Cc2ccc(O)cc2)NC(=O)OC(C)(C)C)C(C)(C)C)c1. The van der Waals surface area contributed by atoms with Crippen LogP contribution in [0.4, 0.5) is 10.5 Å². The highest BCUT2D eigenvalue weighted by Gasteiger charge is 2.42. The molecule has 42 heavy (non-hydrogen) atoms. The highest BCUT2D eigenvalue weighted by atomic mass is 16.6. The van der Waals surface area contributed by atoms with Gasteiger partial charge in [0.05, 0.1) is 0 Å². The van der Waals surface area contributed by atoms with E-state index in [9.17, 15) is 19.5 Å². The lowest BCUT2D eigenvalue weighted by Crippen LogP contribution is -2.58. The maximum Gasteiger partial charge on any atom is 0.408 e. The fraction of sp³-hybridized carbons (Fsp3) is 0.382. The quantitative estimate of drug-likeness (QED) is 0.287. The van der Waals surface area contributed by atoms with E-state index in [1.165, 1.54) is 17.0 Å². The lowest BCUT2D eigenvalue weighted by molar-refractivity contribution is -0.146. The van der Waals surface area contributed by atoms with Crippen molar-refractivity contribution < 1.29 is 24.2 Å². The van der Waals surface area contributed by atoms with E-state index < -0.39 is 35.2 Å². The molecule has 0 heterocycles. The Morgan fingerprint density at radius 1 is 0.881 bits per heavy atom. The zero-order chi connectivity index (χ0) is 31.2. The summed E-state index contributed by atoms with van der Waals surface area (Å²) in [5.41, 5.74) is 2.22. The fourth-order valence-corrected chi connectivity index (χ4v) is 4.70. The Morgan fingerprint density at radius 2 is 1.52 bits per heavy atom. The number of amides is 3. The summed E-state index contributed by atoms with van der Waals surface area (Å²) in [6.45, 7) is 14.7. The second-order valence-corrected chi connectivity index (χ2v) is 12.6. The number of aromatic hydroxyl groups is 1. The number of carbonyl (C=O) groups is 3. The minimum absolute atomic E-state index is 0.0884. The van der Waals surface area contributed by atoms with Crippen molar-refractivity contribution in [1.29, 1.82) is 0 Å². The molecule has 8 nitrogen and oxygen atoms in total. The van der Waals surface area contributed by atoms with Crippen LogP contribution in [-0.2, 0) is 20.7 Å². The number of carbonyl (C=O) groups excluding carboxylic acids is 3. The van der Waals surface area contributed by atoms with Gasteiger partial charge in [-0.15, -0.1) is 0 Å². The average Bonchev–Trinajstić information content (AvgIpc) is 2.87. The first-order valence-electron chi connectivity index (χ1n) is 14.1. The minimum Gasteiger partial charge on any atom is -0.508 e. The third-order valence-corrected chi connectivity index (χ3v) is 6.59. The van der Waals surface area contributed by atoms with Gasteiger partial charge in [-0.3, -0.25) is 9.59 Å². The Kier molecular flexibility index (Phi) is 10.0. The van der Waals surface area contributed by atoms with Crippen LogP contribution in [-0.4, -0.2) is 45.1 Å². The van der Waals surface area contributed by atoms with Crippen molar-refractivity contribution in [2.75, 3.05) is 5.32 Å². The fourth-order valence-electron chi connectivity index (χ4n) is 4.70. The first-order chi connectivity index (χ1) is 19.5. The molecular weight excluding hydrogens is 530 g/mol. The maximum atomic E-state index is 14.6. The molecule has 0 radical (unpaired) electrons. The summed E-state index contributed by atoms with van der Waals surface area (Å²) in [5.74, 6) is -0.739. The number of para-hydroxylation sites is 1. The molecule has 0 aromatic heterocycles. The maximum absolute atomic E-state index is 14.6. The summed E-state index contributed by atoms with van der Waals surface area (Å²) >= 11 is 0. The molecule has 224 valence electrons. The number of rotatable bonds is 8. The van der Waals surface area contributed by atoms with E-state index in [4.69, 9.17) is 4.74 Å². The molecule has 3 rings (SSSR count). The molecule has 0 spiro atoms. The number of hydrogen-bond acceptors (Lipinski definition) is 5. The number of aryl methyl sites for hydroxylation is 2. The number of phenols is 1. The van der Waals surface area contributed by atoms with Gasteiger partial charge in [-0.2, -0.15) is 0 Å². The van der Waals surface area contributed by atoms with E-state index in [-0.39, 0.29) is 18.1 Å². The Balaban J connectivity index is 2.11. The molecule has 3 aromatic rings. The predicted octanol–water partition coefficient (Wildman–Crippen LogP) is 6.45. The summed E-state index contributed by atoms with van der Waals surface area (Å²) in [4.78, 5) is 43.3. The molecule has 0 aliphatic rings. The lowest BCUT2D eigenvalue weighted by Gasteiger charge is -2.43. The van der Waals surface area contributed by atoms with Gasteiger partial charge in [-0.1, -0.05) is 60.2 Å². The number of hydrogen-bond donors (Lipinski definition) is 3. The topological polar surface area (TPSA) is 108 Å². The average molecular weight is 574 g/mol. The number of alkyl carbamates (subject to hydrolysis) is 1. The molecule has 3 aromatic carbocycles. The Hall–Kier alpha value is -4.33. The normalized spacial score (nSPS) is 13.0. The second kappa shape index (κ2) is 13.1. The van der Waals surface area contributed by atoms with Gasteiger partial charge < -0.3 is 25.4 Å². The number of nitrogens with zero attached hydrogens (tertiary/aromatic N) is 1. The molecule has 8 heteroatoms. The minimum atomic E-state index is -1.07. The molecule has 0 fully saturated rings. The van der Waals surface area contributed by atoms with E-state index >= 15 is 0 Å². The molecule has 0 bridgehead atoms. The van der Waals surface area contributed by atoms with Gasteiger partial charge in [0.2, 0.25) is 5.91 Å². The molecule has 0 aliphatic heterocycles. The van der Waals surface area contributed by atoms with E-state index in [0.29, 0.717) is 16.8 Å². The van der Waals surface area contributed by atoms with Crippen LogP contribution in [0.2, 0.25) is 0 Å². The molecule has 0 saturated heterocycles. The first kappa shape index (κ1) is 32.2. The third-order valence-electron chi connectivity index (χ3n) is 6.59. The van der Waals surface area contributed by atoms with Gasteiger partial charge in [-0.25, -0.2) is 4.79 Å². The van der Waals surface area contributed by atoms with E-state index in [0.717, 1.165) is 11.1 Å². The van der Waals surface area contributed by atoms with Crippen molar-refractivity contribution in [3.8, 4) is 5.75 Å². The number of ether oxygens (including phenoxy) is 1. The zero-order valence-corrected chi connectivity index (χ0v) is 25.8. The molecule has 0 saturated carbocycles. The van der Waals surface area contributed by atoms with E-state index in [1.807, 2.05) is 83.1 Å². The van der Waals surface area contributed by atoms with Gasteiger partial charge in [-0.05, 0) is 90.3 Å². The lowest BCUT2D eigenvalue weighted by atomic mass is 9.93.